The van der Waals surface area contributed by atoms with Crippen LogP contribution in [0.4, 0.5) is 0 Å². The molecule has 1 aliphatic carbocycles. The van der Waals surface area contributed by atoms with Crippen molar-refractivity contribution in [2.24, 2.45) is 5.92 Å². The lowest BCUT2D eigenvalue weighted by molar-refractivity contribution is 0.288. The summed E-state index contributed by atoms with van der Waals surface area (Å²) in [5.41, 5.74) is 1.13. The van der Waals surface area contributed by atoms with Crippen molar-refractivity contribution in [3.63, 3.8) is 0 Å². The summed E-state index contributed by atoms with van der Waals surface area (Å²) in [4.78, 5) is 2.48. The Hall–Kier alpha value is -0.660. The second-order valence-electron chi connectivity index (χ2n) is 7.41. The molecule has 25 heavy (non-hydrogen) atoms. The van der Waals surface area contributed by atoms with Crippen molar-refractivity contribution in [2.45, 2.75) is 43.2 Å². The molecule has 2 aliphatic rings. The number of piperidine rings is 1. The highest BCUT2D eigenvalue weighted by molar-refractivity contribution is 7.89. The van der Waals surface area contributed by atoms with Gasteiger partial charge in [-0.05, 0) is 69.9 Å². The summed E-state index contributed by atoms with van der Waals surface area (Å²) in [6, 6.07) is 7.78. The van der Waals surface area contributed by atoms with Gasteiger partial charge in [0, 0.05) is 25.7 Å². The number of nitrogens with zero attached hydrogens (tertiary/aromatic N) is 2. The molecule has 5 nitrogen and oxygen atoms in total. The second kappa shape index (κ2) is 8.82. The Morgan fingerprint density at radius 1 is 1.08 bits per heavy atom. The Bertz CT molecular complexity index is 637. The molecule has 1 aromatic carbocycles. The molecule has 0 atom stereocenters. The molecule has 0 bridgehead atoms. The Morgan fingerprint density at radius 3 is 2.20 bits per heavy atom. The third-order valence-electron chi connectivity index (χ3n) is 4.91. The maximum atomic E-state index is 12.8. The number of hydrogen-bond donors (Lipinski definition) is 1. The van der Waals surface area contributed by atoms with Crippen LogP contribution in [0.3, 0.4) is 0 Å². The summed E-state index contributed by atoms with van der Waals surface area (Å²) < 4.78 is 27.2. The summed E-state index contributed by atoms with van der Waals surface area (Å²) in [7, 11) is 0.654. The molecule has 1 saturated heterocycles. The van der Waals surface area contributed by atoms with Crippen LogP contribution in [0.15, 0.2) is 29.2 Å². The summed E-state index contributed by atoms with van der Waals surface area (Å²) in [5.74, 6) is 0.868. The van der Waals surface area contributed by atoms with Crippen LogP contribution in [-0.2, 0) is 16.6 Å². The van der Waals surface area contributed by atoms with E-state index in [2.05, 4.69) is 10.2 Å². The van der Waals surface area contributed by atoms with Crippen molar-refractivity contribution in [2.75, 3.05) is 33.7 Å². The van der Waals surface area contributed by atoms with E-state index < -0.39 is 10.0 Å². The van der Waals surface area contributed by atoms with E-state index in [1.807, 2.05) is 26.2 Å². The first-order valence-corrected chi connectivity index (χ1v) is 10.4. The van der Waals surface area contributed by atoms with Crippen molar-refractivity contribution in [3.05, 3.63) is 29.8 Å². The van der Waals surface area contributed by atoms with Crippen molar-refractivity contribution < 1.29 is 8.42 Å². The van der Waals surface area contributed by atoms with Gasteiger partial charge in [0.05, 0.1) is 4.90 Å². The van der Waals surface area contributed by atoms with E-state index in [0.29, 0.717) is 24.0 Å². The molecule has 3 rings (SSSR count). The average Bonchev–Trinajstić information content (AvgIpc) is 3.38. The van der Waals surface area contributed by atoms with Crippen molar-refractivity contribution >= 4 is 22.4 Å². The third-order valence-corrected chi connectivity index (χ3v) is 6.82. The monoisotopic (exact) mass is 387 g/mol. The molecular formula is C18H30ClN3O2S. The zero-order valence-electron chi connectivity index (χ0n) is 15.1. The van der Waals surface area contributed by atoms with Gasteiger partial charge in [0.15, 0.2) is 0 Å². The van der Waals surface area contributed by atoms with Crippen LogP contribution < -0.4 is 5.32 Å². The third kappa shape index (κ3) is 5.66. The average molecular weight is 388 g/mol. The molecule has 1 N–H and O–H groups in total. The van der Waals surface area contributed by atoms with E-state index in [4.69, 9.17) is 0 Å². The van der Waals surface area contributed by atoms with Crippen LogP contribution >= 0.6 is 12.4 Å². The Morgan fingerprint density at radius 2 is 1.68 bits per heavy atom. The maximum Gasteiger partial charge on any atom is 0.243 e. The van der Waals surface area contributed by atoms with Gasteiger partial charge in [0.25, 0.3) is 0 Å². The first-order chi connectivity index (χ1) is 11.4. The number of rotatable bonds is 7. The molecule has 0 spiro atoms. The fraction of sp³-hybridized carbons (Fsp3) is 0.667. The van der Waals surface area contributed by atoms with Gasteiger partial charge < -0.3 is 10.2 Å². The quantitative estimate of drug-likeness (QED) is 0.780. The van der Waals surface area contributed by atoms with Crippen molar-refractivity contribution in [1.82, 2.24) is 14.5 Å². The SMILES string of the molecule is CN(C)Cc1ccc(S(=O)(=O)N2CCC(NCC3CC3)CC2)cc1.Cl. The lowest BCUT2D eigenvalue weighted by Crippen LogP contribution is -2.45. The zero-order valence-corrected chi connectivity index (χ0v) is 16.8. The number of hydrogen-bond acceptors (Lipinski definition) is 4. The zero-order chi connectivity index (χ0) is 17.2. The molecular weight excluding hydrogens is 358 g/mol. The Labute approximate surface area is 158 Å². The van der Waals surface area contributed by atoms with Crippen LogP contribution in [0.5, 0.6) is 0 Å². The number of sulfonamides is 1. The van der Waals surface area contributed by atoms with Gasteiger partial charge in [-0.1, -0.05) is 12.1 Å². The number of benzene rings is 1. The molecule has 0 amide bonds. The van der Waals surface area contributed by atoms with Gasteiger partial charge in [0.1, 0.15) is 0 Å². The summed E-state index contributed by atoms with van der Waals surface area (Å²) >= 11 is 0. The second-order valence-corrected chi connectivity index (χ2v) is 9.35. The molecule has 0 radical (unpaired) electrons. The highest BCUT2D eigenvalue weighted by atomic mass is 35.5. The molecule has 142 valence electrons. The maximum absolute atomic E-state index is 12.8. The predicted octanol–water partition coefficient (Wildman–Crippen LogP) is 2.32. The minimum absolute atomic E-state index is 0. The molecule has 2 fully saturated rings. The van der Waals surface area contributed by atoms with E-state index in [1.54, 1.807) is 16.4 Å². The Kier molecular flexibility index (Phi) is 7.29. The molecule has 0 aromatic heterocycles. The fourth-order valence-corrected chi connectivity index (χ4v) is 4.71. The van der Waals surface area contributed by atoms with E-state index in [9.17, 15) is 8.42 Å². The van der Waals surface area contributed by atoms with E-state index in [-0.39, 0.29) is 12.4 Å². The molecule has 0 unspecified atom stereocenters. The normalized spacial score (nSPS) is 19.8. The van der Waals surface area contributed by atoms with Crippen molar-refractivity contribution in [1.29, 1.82) is 0 Å². The lowest BCUT2D eigenvalue weighted by Gasteiger charge is -2.31. The van der Waals surface area contributed by atoms with Crippen LogP contribution in [0.25, 0.3) is 0 Å². The molecule has 1 saturated carbocycles. The van der Waals surface area contributed by atoms with Crippen LogP contribution in [0.1, 0.15) is 31.2 Å². The van der Waals surface area contributed by atoms with E-state index in [1.165, 1.54) is 12.8 Å². The van der Waals surface area contributed by atoms with E-state index >= 15 is 0 Å². The number of halogens is 1. The summed E-state index contributed by atoms with van der Waals surface area (Å²) in [6.07, 6.45) is 4.52. The standard InChI is InChI=1S/C18H29N3O2S.ClH/c1-20(2)14-16-5-7-18(8-6-16)24(22,23)21-11-9-17(10-12-21)19-13-15-3-4-15;/h5-8,15,17,19H,3-4,9-14H2,1-2H3;1H. The smallest absolute Gasteiger partial charge is 0.243 e. The van der Waals surface area contributed by atoms with Crippen LogP contribution in [0.2, 0.25) is 0 Å². The van der Waals surface area contributed by atoms with Gasteiger partial charge in [-0.25, -0.2) is 8.42 Å². The Balaban J connectivity index is 0.00000225. The van der Waals surface area contributed by atoms with Gasteiger partial charge in [-0.3, -0.25) is 0 Å². The van der Waals surface area contributed by atoms with Gasteiger partial charge in [-0.2, -0.15) is 4.31 Å². The molecule has 1 aliphatic heterocycles. The summed E-state index contributed by atoms with van der Waals surface area (Å²) in [5, 5.41) is 3.59. The first-order valence-electron chi connectivity index (χ1n) is 8.92. The summed E-state index contributed by atoms with van der Waals surface area (Å²) in [6.45, 7) is 3.15. The molecule has 1 heterocycles. The van der Waals surface area contributed by atoms with Crippen molar-refractivity contribution in [3.8, 4) is 0 Å². The lowest BCUT2D eigenvalue weighted by atomic mass is 10.1. The predicted molar refractivity (Wildman–Crippen MR) is 104 cm³/mol. The van der Waals surface area contributed by atoms with E-state index in [0.717, 1.165) is 37.4 Å². The minimum atomic E-state index is -3.36. The minimum Gasteiger partial charge on any atom is -0.314 e. The highest BCUT2D eigenvalue weighted by Gasteiger charge is 2.30. The van der Waals surface area contributed by atoms with Crippen LogP contribution in [-0.4, -0.2) is 57.4 Å². The van der Waals surface area contributed by atoms with Gasteiger partial charge >= 0.3 is 0 Å². The molecule has 1 aromatic rings. The first kappa shape index (κ1) is 20.6. The molecule has 7 heteroatoms. The topological polar surface area (TPSA) is 52.7 Å². The fourth-order valence-electron chi connectivity index (χ4n) is 3.24. The number of nitrogens with one attached hydrogen (secondary N) is 1. The highest BCUT2D eigenvalue weighted by Crippen LogP contribution is 2.28. The van der Waals surface area contributed by atoms with Crippen LogP contribution in [0, 0.1) is 5.92 Å². The largest absolute Gasteiger partial charge is 0.314 e. The van der Waals surface area contributed by atoms with Gasteiger partial charge in [-0.15, -0.1) is 12.4 Å². The van der Waals surface area contributed by atoms with Gasteiger partial charge in [0.2, 0.25) is 10.0 Å².